The standard InChI is InChI=1S/C12H20O3/c1-5-6-14-10-7-9(8-10)11(13)15-12(2,3)4/h5,9-10H,1,6-8H2,2-4H3. The highest BCUT2D eigenvalue weighted by Crippen LogP contribution is 2.32. The van der Waals surface area contributed by atoms with Crippen molar-refractivity contribution in [3.8, 4) is 0 Å². The Bertz CT molecular complexity index is 234. The van der Waals surface area contributed by atoms with Gasteiger partial charge < -0.3 is 9.47 Å². The lowest BCUT2D eigenvalue weighted by Gasteiger charge is -2.34. The van der Waals surface area contributed by atoms with E-state index in [1.807, 2.05) is 20.8 Å². The molecule has 1 fully saturated rings. The highest BCUT2D eigenvalue weighted by molar-refractivity contribution is 5.74. The molecule has 3 nitrogen and oxygen atoms in total. The van der Waals surface area contributed by atoms with E-state index in [1.165, 1.54) is 0 Å². The first-order chi connectivity index (χ1) is 6.92. The zero-order chi connectivity index (χ0) is 11.5. The van der Waals surface area contributed by atoms with E-state index in [0.717, 1.165) is 12.8 Å². The second-order valence-corrected chi connectivity index (χ2v) is 4.95. The predicted octanol–water partition coefficient (Wildman–Crippen LogP) is 2.31. The molecule has 3 heteroatoms. The van der Waals surface area contributed by atoms with E-state index in [-0.39, 0.29) is 23.6 Å². The average Bonchev–Trinajstić information content (AvgIpc) is 1.98. The van der Waals surface area contributed by atoms with Gasteiger partial charge in [0.15, 0.2) is 0 Å². The summed E-state index contributed by atoms with van der Waals surface area (Å²) in [6.07, 6.45) is 3.49. The number of esters is 1. The van der Waals surface area contributed by atoms with Crippen LogP contribution < -0.4 is 0 Å². The topological polar surface area (TPSA) is 35.5 Å². The van der Waals surface area contributed by atoms with Crippen molar-refractivity contribution < 1.29 is 14.3 Å². The zero-order valence-corrected chi connectivity index (χ0v) is 9.79. The van der Waals surface area contributed by atoms with Crippen molar-refractivity contribution in [1.82, 2.24) is 0 Å². The van der Waals surface area contributed by atoms with Crippen LogP contribution in [0.15, 0.2) is 12.7 Å². The van der Waals surface area contributed by atoms with Gasteiger partial charge in [0.05, 0.1) is 18.6 Å². The fraction of sp³-hybridized carbons (Fsp3) is 0.750. The van der Waals surface area contributed by atoms with Crippen LogP contribution in [0.2, 0.25) is 0 Å². The summed E-state index contributed by atoms with van der Waals surface area (Å²) >= 11 is 0. The van der Waals surface area contributed by atoms with Crippen LogP contribution in [0, 0.1) is 5.92 Å². The van der Waals surface area contributed by atoms with Crippen LogP contribution in [0.5, 0.6) is 0 Å². The molecule has 1 aliphatic carbocycles. The SMILES string of the molecule is C=CCOC1CC(C(=O)OC(C)(C)C)C1. The summed E-state index contributed by atoms with van der Waals surface area (Å²) < 4.78 is 10.7. The molecule has 0 aromatic rings. The third kappa shape index (κ3) is 4.04. The largest absolute Gasteiger partial charge is 0.460 e. The fourth-order valence-corrected chi connectivity index (χ4v) is 1.48. The molecule has 0 amide bonds. The Morgan fingerprint density at radius 1 is 1.47 bits per heavy atom. The number of hydrogen-bond donors (Lipinski definition) is 0. The van der Waals surface area contributed by atoms with Gasteiger partial charge in [-0.15, -0.1) is 6.58 Å². The normalized spacial score (nSPS) is 25.5. The lowest BCUT2D eigenvalue weighted by Crippen LogP contribution is -2.40. The minimum Gasteiger partial charge on any atom is -0.460 e. The highest BCUT2D eigenvalue weighted by atomic mass is 16.6. The van der Waals surface area contributed by atoms with Crippen molar-refractivity contribution >= 4 is 5.97 Å². The smallest absolute Gasteiger partial charge is 0.309 e. The van der Waals surface area contributed by atoms with Crippen molar-refractivity contribution in [2.24, 2.45) is 5.92 Å². The molecule has 0 spiro atoms. The Labute approximate surface area is 91.4 Å². The van der Waals surface area contributed by atoms with Crippen LogP contribution in [0.3, 0.4) is 0 Å². The van der Waals surface area contributed by atoms with Gasteiger partial charge >= 0.3 is 5.97 Å². The van der Waals surface area contributed by atoms with Crippen LogP contribution in [0.4, 0.5) is 0 Å². The molecule has 0 aromatic heterocycles. The molecule has 0 aromatic carbocycles. The molecule has 15 heavy (non-hydrogen) atoms. The summed E-state index contributed by atoms with van der Waals surface area (Å²) in [5, 5.41) is 0. The van der Waals surface area contributed by atoms with Gasteiger partial charge in [-0.3, -0.25) is 4.79 Å². The average molecular weight is 212 g/mol. The predicted molar refractivity (Wildman–Crippen MR) is 58.5 cm³/mol. The molecular weight excluding hydrogens is 192 g/mol. The molecule has 86 valence electrons. The van der Waals surface area contributed by atoms with Crippen LogP contribution in [-0.4, -0.2) is 24.3 Å². The van der Waals surface area contributed by atoms with Crippen molar-refractivity contribution in [2.45, 2.75) is 45.3 Å². The molecule has 0 heterocycles. The number of rotatable bonds is 4. The Balaban J connectivity index is 2.21. The Morgan fingerprint density at radius 2 is 2.07 bits per heavy atom. The lowest BCUT2D eigenvalue weighted by atomic mass is 9.82. The molecule has 0 atom stereocenters. The minimum atomic E-state index is -0.385. The molecular formula is C12H20O3. The molecule has 0 radical (unpaired) electrons. The second kappa shape index (κ2) is 4.79. The first-order valence-electron chi connectivity index (χ1n) is 5.37. The zero-order valence-electron chi connectivity index (χ0n) is 9.79. The van der Waals surface area contributed by atoms with Gasteiger partial charge in [-0.2, -0.15) is 0 Å². The Hall–Kier alpha value is -0.830. The Kier molecular flexibility index (Phi) is 3.91. The molecule has 0 N–H and O–H groups in total. The van der Waals surface area contributed by atoms with E-state index in [9.17, 15) is 4.79 Å². The Morgan fingerprint density at radius 3 is 2.53 bits per heavy atom. The van der Waals surface area contributed by atoms with Gasteiger partial charge in [-0.25, -0.2) is 0 Å². The first kappa shape index (κ1) is 12.2. The van der Waals surface area contributed by atoms with Crippen LogP contribution >= 0.6 is 0 Å². The third-order valence-corrected chi connectivity index (χ3v) is 2.28. The maximum absolute atomic E-state index is 11.6. The monoisotopic (exact) mass is 212 g/mol. The highest BCUT2D eigenvalue weighted by Gasteiger charge is 2.37. The van der Waals surface area contributed by atoms with Gasteiger partial charge in [0.2, 0.25) is 0 Å². The summed E-state index contributed by atoms with van der Waals surface area (Å²) in [6.45, 7) is 9.79. The van der Waals surface area contributed by atoms with Crippen molar-refractivity contribution in [3.63, 3.8) is 0 Å². The van der Waals surface area contributed by atoms with Crippen LogP contribution in [0.1, 0.15) is 33.6 Å². The minimum absolute atomic E-state index is 0.0269. The number of hydrogen-bond acceptors (Lipinski definition) is 3. The van der Waals surface area contributed by atoms with E-state index >= 15 is 0 Å². The maximum atomic E-state index is 11.6. The van der Waals surface area contributed by atoms with Gasteiger partial charge in [0.25, 0.3) is 0 Å². The van der Waals surface area contributed by atoms with E-state index in [4.69, 9.17) is 9.47 Å². The lowest BCUT2D eigenvalue weighted by molar-refractivity contribution is -0.168. The van der Waals surface area contributed by atoms with E-state index in [2.05, 4.69) is 6.58 Å². The van der Waals surface area contributed by atoms with Gasteiger partial charge in [0, 0.05) is 0 Å². The van der Waals surface area contributed by atoms with Crippen LogP contribution in [-0.2, 0) is 14.3 Å². The van der Waals surface area contributed by atoms with Gasteiger partial charge in [0.1, 0.15) is 5.60 Å². The van der Waals surface area contributed by atoms with Gasteiger partial charge in [-0.1, -0.05) is 6.08 Å². The number of carbonyl (C=O) groups is 1. The molecule has 0 aliphatic heterocycles. The third-order valence-electron chi connectivity index (χ3n) is 2.28. The molecule has 1 saturated carbocycles. The summed E-state index contributed by atoms with van der Waals surface area (Å²) in [5.41, 5.74) is -0.385. The molecule has 1 aliphatic rings. The van der Waals surface area contributed by atoms with Crippen molar-refractivity contribution in [3.05, 3.63) is 12.7 Å². The summed E-state index contributed by atoms with van der Waals surface area (Å²) in [6, 6.07) is 0. The molecule has 0 saturated heterocycles. The number of carbonyl (C=O) groups excluding carboxylic acids is 1. The van der Waals surface area contributed by atoms with E-state index in [1.54, 1.807) is 6.08 Å². The van der Waals surface area contributed by atoms with E-state index in [0.29, 0.717) is 6.61 Å². The van der Waals surface area contributed by atoms with Crippen molar-refractivity contribution in [2.75, 3.05) is 6.61 Å². The second-order valence-electron chi connectivity index (χ2n) is 4.95. The summed E-state index contributed by atoms with van der Waals surface area (Å²) in [5.74, 6) is -0.0695. The molecule has 0 bridgehead atoms. The summed E-state index contributed by atoms with van der Waals surface area (Å²) in [4.78, 5) is 11.6. The maximum Gasteiger partial charge on any atom is 0.309 e. The molecule has 1 rings (SSSR count). The summed E-state index contributed by atoms with van der Waals surface area (Å²) in [7, 11) is 0. The quantitative estimate of drug-likeness (QED) is 0.530. The van der Waals surface area contributed by atoms with Crippen LogP contribution in [0.25, 0.3) is 0 Å². The first-order valence-corrected chi connectivity index (χ1v) is 5.37. The number of ether oxygens (including phenoxy) is 2. The van der Waals surface area contributed by atoms with Crippen molar-refractivity contribution in [1.29, 1.82) is 0 Å². The fourth-order valence-electron chi connectivity index (χ4n) is 1.48. The van der Waals surface area contributed by atoms with E-state index < -0.39 is 0 Å². The molecule has 0 unspecified atom stereocenters. The van der Waals surface area contributed by atoms with Gasteiger partial charge in [-0.05, 0) is 33.6 Å².